The van der Waals surface area contributed by atoms with Gasteiger partial charge in [0.2, 0.25) is 17.8 Å². The zero-order valence-electron chi connectivity index (χ0n) is 12.9. The molecule has 0 aromatic carbocycles. The van der Waals surface area contributed by atoms with Crippen LogP contribution in [0.2, 0.25) is 0 Å². The highest BCUT2D eigenvalue weighted by molar-refractivity contribution is 7.98. The van der Waals surface area contributed by atoms with E-state index in [0.29, 0.717) is 11.9 Å². The molecular weight excluding hydrogens is 272 g/mol. The highest BCUT2D eigenvalue weighted by Gasteiger charge is 2.10. The minimum absolute atomic E-state index is 0.636. The summed E-state index contributed by atoms with van der Waals surface area (Å²) in [4.78, 5) is 15.5. The Hall–Kier alpha value is -1.24. The number of nitrogens with one attached hydrogen (secondary N) is 2. The van der Waals surface area contributed by atoms with Gasteiger partial charge in [-0.1, -0.05) is 0 Å². The van der Waals surface area contributed by atoms with Gasteiger partial charge in [-0.2, -0.15) is 26.7 Å². The van der Waals surface area contributed by atoms with Gasteiger partial charge in [0.1, 0.15) is 0 Å². The van der Waals surface area contributed by atoms with E-state index in [1.165, 1.54) is 0 Å². The standard InChI is InChI=1S/C13H26N6S/c1-5-14-11-16-12(15-9-8-10-20-4)18-13(17-11)19(6-2)7-3/h5-10H2,1-4H3,(H2,14,15,16,17,18). The normalized spacial score (nSPS) is 10.4. The van der Waals surface area contributed by atoms with E-state index in [1.807, 2.05) is 18.7 Å². The maximum Gasteiger partial charge on any atom is 0.231 e. The molecule has 1 aromatic rings. The topological polar surface area (TPSA) is 66.0 Å². The van der Waals surface area contributed by atoms with Crippen LogP contribution in [0.15, 0.2) is 0 Å². The van der Waals surface area contributed by atoms with Crippen LogP contribution in [0.5, 0.6) is 0 Å². The first-order valence-electron chi connectivity index (χ1n) is 7.22. The molecule has 2 N–H and O–H groups in total. The lowest BCUT2D eigenvalue weighted by atomic mass is 10.5. The molecule has 0 aliphatic heterocycles. The molecule has 0 aliphatic carbocycles. The van der Waals surface area contributed by atoms with Gasteiger partial charge in [-0.05, 0) is 39.2 Å². The zero-order valence-corrected chi connectivity index (χ0v) is 13.8. The van der Waals surface area contributed by atoms with Gasteiger partial charge in [0, 0.05) is 26.2 Å². The highest BCUT2D eigenvalue weighted by Crippen LogP contribution is 2.13. The molecule has 0 radical (unpaired) electrons. The average molecular weight is 298 g/mol. The Morgan fingerprint density at radius 1 is 1.00 bits per heavy atom. The van der Waals surface area contributed by atoms with Gasteiger partial charge in [0.25, 0.3) is 0 Å². The van der Waals surface area contributed by atoms with E-state index >= 15 is 0 Å². The van der Waals surface area contributed by atoms with Crippen molar-refractivity contribution >= 4 is 29.6 Å². The SMILES string of the molecule is CCNc1nc(NCCCSC)nc(N(CC)CC)n1. The first-order chi connectivity index (χ1) is 9.74. The number of rotatable bonds is 10. The lowest BCUT2D eigenvalue weighted by Gasteiger charge is -2.19. The molecule has 1 aromatic heterocycles. The van der Waals surface area contributed by atoms with Crippen LogP contribution in [0.1, 0.15) is 27.2 Å². The molecule has 0 bridgehead atoms. The van der Waals surface area contributed by atoms with E-state index in [1.54, 1.807) is 0 Å². The van der Waals surface area contributed by atoms with Crippen LogP contribution in [0.4, 0.5) is 17.8 Å². The van der Waals surface area contributed by atoms with Gasteiger partial charge in [-0.25, -0.2) is 0 Å². The number of hydrogen-bond acceptors (Lipinski definition) is 7. The van der Waals surface area contributed by atoms with Crippen LogP contribution in [0.3, 0.4) is 0 Å². The Bertz CT molecular complexity index is 383. The predicted molar refractivity (Wildman–Crippen MR) is 89.0 cm³/mol. The average Bonchev–Trinajstić information content (AvgIpc) is 2.45. The van der Waals surface area contributed by atoms with Gasteiger partial charge in [-0.15, -0.1) is 0 Å². The fourth-order valence-electron chi connectivity index (χ4n) is 1.75. The summed E-state index contributed by atoms with van der Waals surface area (Å²) in [5.41, 5.74) is 0. The molecule has 0 amide bonds. The summed E-state index contributed by atoms with van der Waals surface area (Å²) in [5.74, 6) is 3.16. The van der Waals surface area contributed by atoms with Crippen LogP contribution < -0.4 is 15.5 Å². The summed E-state index contributed by atoms with van der Waals surface area (Å²) in [7, 11) is 0. The third-order valence-corrected chi connectivity index (χ3v) is 3.51. The smallest absolute Gasteiger partial charge is 0.231 e. The van der Waals surface area contributed by atoms with Crippen LogP contribution in [0.25, 0.3) is 0 Å². The van der Waals surface area contributed by atoms with E-state index in [2.05, 4.69) is 50.6 Å². The maximum absolute atomic E-state index is 4.50. The fourth-order valence-corrected chi connectivity index (χ4v) is 2.18. The van der Waals surface area contributed by atoms with Crippen LogP contribution in [-0.2, 0) is 0 Å². The van der Waals surface area contributed by atoms with E-state index in [0.717, 1.165) is 44.3 Å². The summed E-state index contributed by atoms with van der Waals surface area (Å²) in [6.07, 6.45) is 3.22. The molecule has 6 nitrogen and oxygen atoms in total. The van der Waals surface area contributed by atoms with Gasteiger partial charge in [-0.3, -0.25) is 0 Å². The van der Waals surface area contributed by atoms with Crippen LogP contribution in [-0.4, -0.2) is 53.1 Å². The molecular formula is C13H26N6S. The minimum atomic E-state index is 0.636. The fraction of sp³-hybridized carbons (Fsp3) is 0.769. The van der Waals surface area contributed by atoms with E-state index in [9.17, 15) is 0 Å². The summed E-state index contributed by atoms with van der Waals surface area (Å²) < 4.78 is 0. The third kappa shape index (κ3) is 5.40. The third-order valence-electron chi connectivity index (χ3n) is 2.81. The molecule has 0 fully saturated rings. The number of nitrogens with zero attached hydrogens (tertiary/aromatic N) is 4. The first kappa shape index (κ1) is 16.8. The first-order valence-corrected chi connectivity index (χ1v) is 8.62. The van der Waals surface area contributed by atoms with E-state index in [4.69, 9.17) is 0 Å². The molecule has 0 unspecified atom stereocenters. The number of thioether (sulfide) groups is 1. The lowest BCUT2D eigenvalue weighted by Crippen LogP contribution is -2.25. The highest BCUT2D eigenvalue weighted by atomic mass is 32.2. The van der Waals surface area contributed by atoms with Crippen molar-refractivity contribution < 1.29 is 0 Å². The van der Waals surface area contributed by atoms with Gasteiger partial charge in [0.05, 0.1) is 0 Å². The molecule has 0 atom stereocenters. The van der Waals surface area contributed by atoms with Gasteiger partial charge >= 0.3 is 0 Å². The van der Waals surface area contributed by atoms with Crippen molar-refractivity contribution in [3.63, 3.8) is 0 Å². The minimum Gasteiger partial charge on any atom is -0.354 e. The largest absolute Gasteiger partial charge is 0.354 e. The molecule has 7 heteroatoms. The number of aromatic nitrogens is 3. The van der Waals surface area contributed by atoms with Crippen molar-refractivity contribution in [2.24, 2.45) is 0 Å². The van der Waals surface area contributed by atoms with Gasteiger partial charge in [0.15, 0.2) is 0 Å². The second kappa shape index (κ2) is 9.63. The monoisotopic (exact) mass is 298 g/mol. The summed E-state index contributed by atoms with van der Waals surface area (Å²) in [5, 5.41) is 6.44. The molecule has 114 valence electrons. The number of hydrogen-bond donors (Lipinski definition) is 2. The quantitative estimate of drug-likeness (QED) is 0.643. The number of anilines is 3. The Labute approximate surface area is 126 Å². The van der Waals surface area contributed by atoms with Crippen molar-refractivity contribution in [2.75, 3.05) is 53.7 Å². The zero-order chi connectivity index (χ0) is 14.8. The Kier molecular flexibility index (Phi) is 8.10. The Balaban J connectivity index is 2.80. The molecule has 0 spiro atoms. The summed E-state index contributed by atoms with van der Waals surface area (Å²) >= 11 is 1.85. The molecule has 20 heavy (non-hydrogen) atoms. The van der Waals surface area contributed by atoms with Crippen molar-refractivity contribution in [1.82, 2.24) is 15.0 Å². The van der Waals surface area contributed by atoms with Crippen LogP contribution >= 0.6 is 11.8 Å². The van der Waals surface area contributed by atoms with E-state index in [-0.39, 0.29) is 0 Å². The van der Waals surface area contributed by atoms with Gasteiger partial charge < -0.3 is 15.5 Å². The predicted octanol–water partition coefficient (Wildman–Crippen LogP) is 2.31. The van der Waals surface area contributed by atoms with Crippen molar-refractivity contribution in [2.45, 2.75) is 27.2 Å². The van der Waals surface area contributed by atoms with Crippen molar-refractivity contribution in [1.29, 1.82) is 0 Å². The molecule has 1 rings (SSSR count). The lowest BCUT2D eigenvalue weighted by molar-refractivity contribution is 0.810. The van der Waals surface area contributed by atoms with E-state index < -0.39 is 0 Å². The van der Waals surface area contributed by atoms with Crippen molar-refractivity contribution in [3.8, 4) is 0 Å². The summed E-state index contributed by atoms with van der Waals surface area (Å²) in [6.45, 7) is 9.70. The molecule has 0 saturated heterocycles. The molecule has 0 aliphatic rings. The Morgan fingerprint density at radius 2 is 1.65 bits per heavy atom. The second-order valence-corrected chi connectivity index (χ2v) is 5.24. The van der Waals surface area contributed by atoms with Crippen molar-refractivity contribution in [3.05, 3.63) is 0 Å². The molecule has 0 saturated carbocycles. The Morgan fingerprint density at radius 3 is 2.20 bits per heavy atom. The molecule has 1 heterocycles. The summed E-state index contributed by atoms with van der Waals surface area (Å²) in [6, 6.07) is 0. The van der Waals surface area contributed by atoms with Crippen LogP contribution in [0, 0.1) is 0 Å². The second-order valence-electron chi connectivity index (χ2n) is 4.26. The maximum atomic E-state index is 4.50.